The van der Waals surface area contributed by atoms with Gasteiger partial charge < -0.3 is 11.1 Å². The van der Waals surface area contributed by atoms with E-state index < -0.39 is 0 Å². The molecule has 0 bridgehead atoms. The third-order valence-electron chi connectivity index (χ3n) is 2.87. The van der Waals surface area contributed by atoms with E-state index in [-0.39, 0.29) is 0 Å². The highest BCUT2D eigenvalue weighted by atomic mass is 32.1. The smallest absolute Gasteiger partial charge is 0.107 e. The third kappa shape index (κ3) is 3.09. The molecule has 0 saturated heterocycles. The summed E-state index contributed by atoms with van der Waals surface area (Å²) in [7, 11) is 0. The first-order valence-electron chi connectivity index (χ1n) is 6.09. The van der Waals surface area contributed by atoms with Crippen LogP contribution in [0.15, 0.2) is 30.3 Å². The molecule has 0 aliphatic heterocycles. The minimum atomic E-state index is 0.361. The minimum absolute atomic E-state index is 0.361. The lowest BCUT2D eigenvalue weighted by molar-refractivity contribution is 1.12. The van der Waals surface area contributed by atoms with Crippen LogP contribution in [0.5, 0.6) is 0 Å². The van der Waals surface area contributed by atoms with Gasteiger partial charge in [-0.05, 0) is 44.5 Å². The maximum atomic E-state index is 5.80. The molecule has 98 valence electrons. The fourth-order valence-electron chi connectivity index (χ4n) is 2.12. The van der Waals surface area contributed by atoms with Crippen LogP contribution in [0, 0.1) is 20.8 Å². The molecule has 2 rings (SSSR count). The molecule has 0 aliphatic rings. The molecule has 1 aromatic heterocycles. The molecule has 0 unspecified atom stereocenters. The molecule has 0 spiro atoms. The lowest BCUT2D eigenvalue weighted by Gasteiger charge is -2.14. The number of benzene rings is 1. The standard InChI is InChI=1S/C15H17N3S/c1-9-5-4-6-12(7-9)18-13-8-10(2)17-11(3)14(13)15(16)19/h4-8H,1-3H3,(H2,16,19)(H,17,18). The van der Waals surface area contributed by atoms with Crippen molar-refractivity contribution in [3.8, 4) is 0 Å². The van der Waals surface area contributed by atoms with Crippen LogP contribution in [0.3, 0.4) is 0 Å². The summed E-state index contributed by atoms with van der Waals surface area (Å²) in [4.78, 5) is 4.77. The fourth-order valence-corrected chi connectivity index (χ4v) is 2.37. The Morgan fingerprint density at radius 1 is 1.21 bits per heavy atom. The minimum Gasteiger partial charge on any atom is -0.389 e. The second-order valence-electron chi connectivity index (χ2n) is 4.63. The molecule has 0 fully saturated rings. The number of rotatable bonds is 3. The van der Waals surface area contributed by atoms with Crippen LogP contribution in [0.1, 0.15) is 22.5 Å². The van der Waals surface area contributed by atoms with Crippen LogP contribution < -0.4 is 11.1 Å². The van der Waals surface area contributed by atoms with E-state index in [2.05, 4.69) is 29.4 Å². The number of nitrogens with two attached hydrogens (primary N) is 1. The maximum Gasteiger partial charge on any atom is 0.107 e. The highest BCUT2D eigenvalue weighted by molar-refractivity contribution is 7.80. The Hall–Kier alpha value is -1.94. The van der Waals surface area contributed by atoms with Gasteiger partial charge in [0.2, 0.25) is 0 Å². The van der Waals surface area contributed by atoms with Gasteiger partial charge in [-0.3, -0.25) is 4.98 Å². The topological polar surface area (TPSA) is 50.9 Å². The number of thiocarbonyl (C=S) groups is 1. The summed E-state index contributed by atoms with van der Waals surface area (Å²) in [5.41, 5.74) is 11.5. The SMILES string of the molecule is Cc1cccc(Nc2cc(C)nc(C)c2C(N)=S)c1. The third-order valence-corrected chi connectivity index (χ3v) is 3.08. The van der Waals surface area contributed by atoms with Gasteiger partial charge in [-0.2, -0.15) is 0 Å². The Balaban J connectivity index is 2.47. The second-order valence-corrected chi connectivity index (χ2v) is 5.07. The van der Waals surface area contributed by atoms with Gasteiger partial charge in [0, 0.05) is 17.1 Å². The van der Waals surface area contributed by atoms with Gasteiger partial charge in [-0.25, -0.2) is 0 Å². The van der Waals surface area contributed by atoms with Crippen LogP contribution >= 0.6 is 12.2 Å². The van der Waals surface area contributed by atoms with Crippen molar-refractivity contribution in [2.45, 2.75) is 20.8 Å². The van der Waals surface area contributed by atoms with Gasteiger partial charge in [-0.1, -0.05) is 24.4 Å². The quantitative estimate of drug-likeness (QED) is 0.840. The molecular weight excluding hydrogens is 254 g/mol. The van der Waals surface area contributed by atoms with Crippen molar-refractivity contribution < 1.29 is 0 Å². The number of anilines is 2. The van der Waals surface area contributed by atoms with Crippen LogP contribution in [-0.2, 0) is 0 Å². The van der Waals surface area contributed by atoms with Gasteiger partial charge in [0.1, 0.15) is 4.99 Å². The van der Waals surface area contributed by atoms with Crippen molar-refractivity contribution in [2.24, 2.45) is 5.73 Å². The first-order chi connectivity index (χ1) is 8.97. The van der Waals surface area contributed by atoms with Crippen LogP contribution in [0.2, 0.25) is 0 Å². The zero-order chi connectivity index (χ0) is 14.0. The molecule has 0 saturated carbocycles. The molecule has 0 atom stereocenters. The van der Waals surface area contributed by atoms with Gasteiger partial charge >= 0.3 is 0 Å². The van der Waals surface area contributed by atoms with Crippen molar-refractivity contribution in [3.05, 3.63) is 52.8 Å². The molecule has 2 aromatic rings. The monoisotopic (exact) mass is 271 g/mol. The highest BCUT2D eigenvalue weighted by Crippen LogP contribution is 2.24. The first-order valence-corrected chi connectivity index (χ1v) is 6.50. The molecule has 0 radical (unpaired) electrons. The summed E-state index contributed by atoms with van der Waals surface area (Å²) in [6, 6.07) is 10.1. The van der Waals surface area contributed by atoms with Crippen LogP contribution in [0.4, 0.5) is 11.4 Å². The summed E-state index contributed by atoms with van der Waals surface area (Å²) in [5.74, 6) is 0. The van der Waals surface area contributed by atoms with E-state index in [0.717, 1.165) is 28.3 Å². The number of aryl methyl sites for hydroxylation is 3. The van der Waals surface area contributed by atoms with Crippen LogP contribution in [0.25, 0.3) is 0 Å². The summed E-state index contributed by atoms with van der Waals surface area (Å²) in [6.45, 7) is 5.93. The Bertz CT molecular complexity index is 635. The Kier molecular flexibility index (Phi) is 3.81. The van der Waals surface area contributed by atoms with Gasteiger partial charge in [0.05, 0.1) is 11.3 Å². The van der Waals surface area contributed by atoms with Crippen molar-refractivity contribution >= 4 is 28.6 Å². The normalized spacial score (nSPS) is 10.3. The zero-order valence-corrected chi connectivity index (χ0v) is 12.1. The van der Waals surface area contributed by atoms with Crippen molar-refractivity contribution in [1.82, 2.24) is 4.98 Å². The fraction of sp³-hybridized carbons (Fsp3) is 0.200. The maximum absolute atomic E-state index is 5.80. The average Bonchev–Trinajstić information content (AvgIpc) is 2.26. The predicted molar refractivity (Wildman–Crippen MR) is 84.1 cm³/mol. The number of hydrogen-bond donors (Lipinski definition) is 2. The molecule has 1 aromatic carbocycles. The Morgan fingerprint density at radius 3 is 2.58 bits per heavy atom. The molecule has 0 aliphatic carbocycles. The van der Waals surface area contributed by atoms with Gasteiger partial charge in [0.25, 0.3) is 0 Å². The highest BCUT2D eigenvalue weighted by Gasteiger charge is 2.11. The van der Waals surface area contributed by atoms with E-state index in [9.17, 15) is 0 Å². The summed E-state index contributed by atoms with van der Waals surface area (Å²) < 4.78 is 0. The summed E-state index contributed by atoms with van der Waals surface area (Å²) in [6.07, 6.45) is 0. The van der Waals surface area contributed by atoms with Gasteiger partial charge in [0.15, 0.2) is 0 Å². The number of hydrogen-bond acceptors (Lipinski definition) is 3. The zero-order valence-electron chi connectivity index (χ0n) is 11.3. The Labute approximate surface area is 118 Å². The van der Waals surface area contributed by atoms with E-state index in [1.54, 1.807) is 0 Å². The largest absolute Gasteiger partial charge is 0.389 e. The summed E-state index contributed by atoms with van der Waals surface area (Å²) >= 11 is 5.12. The van der Waals surface area contributed by atoms with Crippen molar-refractivity contribution in [3.63, 3.8) is 0 Å². The van der Waals surface area contributed by atoms with E-state index in [4.69, 9.17) is 18.0 Å². The predicted octanol–water partition coefficient (Wildman–Crippen LogP) is 3.38. The molecule has 1 heterocycles. The second kappa shape index (κ2) is 5.36. The molecule has 4 heteroatoms. The lowest BCUT2D eigenvalue weighted by Crippen LogP contribution is -2.15. The number of nitrogens with one attached hydrogen (secondary N) is 1. The van der Waals surface area contributed by atoms with E-state index in [0.29, 0.717) is 4.99 Å². The molecule has 19 heavy (non-hydrogen) atoms. The average molecular weight is 271 g/mol. The first kappa shape index (κ1) is 13.5. The number of aromatic nitrogens is 1. The van der Waals surface area contributed by atoms with E-state index in [1.165, 1.54) is 5.56 Å². The number of pyridine rings is 1. The van der Waals surface area contributed by atoms with Crippen molar-refractivity contribution in [2.75, 3.05) is 5.32 Å². The summed E-state index contributed by atoms with van der Waals surface area (Å²) in [5, 5.41) is 3.37. The molecular formula is C15H17N3S. The molecule has 3 nitrogen and oxygen atoms in total. The number of nitrogens with zero attached hydrogens (tertiary/aromatic N) is 1. The van der Waals surface area contributed by atoms with Crippen LogP contribution in [-0.4, -0.2) is 9.97 Å². The molecule has 0 amide bonds. The van der Waals surface area contributed by atoms with Gasteiger partial charge in [-0.15, -0.1) is 0 Å². The van der Waals surface area contributed by atoms with Crippen molar-refractivity contribution in [1.29, 1.82) is 0 Å². The Morgan fingerprint density at radius 2 is 1.95 bits per heavy atom. The molecule has 3 N–H and O–H groups in total. The van der Waals surface area contributed by atoms with E-state index >= 15 is 0 Å². The van der Waals surface area contributed by atoms with E-state index in [1.807, 2.05) is 32.0 Å². The lowest BCUT2D eigenvalue weighted by atomic mass is 10.1.